The number of rotatable bonds is 2. The number of halogens is 1. The number of amides is 1. The number of nitrogens with zero attached hydrogens (tertiary/aromatic N) is 2. The summed E-state index contributed by atoms with van der Waals surface area (Å²) in [5.41, 5.74) is 6.26. The summed E-state index contributed by atoms with van der Waals surface area (Å²) >= 11 is 0. The number of hydrogen-bond donors (Lipinski definition) is 1. The van der Waals surface area contributed by atoms with E-state index >= 15 is 0 Å². The summed E-state index contributed by atoms with van der Waals surface area (Å²) in [6, 6.07) is 5.65. The largest absolute Gasteiger partial charge is 0.328 e. The molecular formula is C14H20FN3O. The van der Waals surface area contributed by atoms with E-state index in [9.17, 15) is 9.18 Å². The summed E-state index contributed by atoms with van der Waals surface area (Å²) in [5, 5.41) is 0. The Morgan fingerprint density at radius 2 is 1.95 bits per heavy atom. The molecule has 0 aromatic heterocycles. The van der Waals surface area contributed by atoms with Crippen molar-refractivity contribution in [2.24, 2.45) is 5.73 Å². The molecule has 2 rings (SSSR count). The Bertz CT molecular complexity index is 472. The molecule has 1 fully saturated rings. The highest BCUT2D eigenvalue weighted by atomic mass is 19.1. The molecule has 0 saturated carbocycles. The molecule has 1 heterocycles. The molecule has 5 heteroatoms. The van der Waals surface area contributed by atoms with Gasteiger partial charge >= 0.3 is 0 Å². The van der Waals surface area contributed by atoms with Crippen LogP contribution in [0.3, 0.4) is 0 Å². The van der Waals surface area contributed by atoms with Gasteiger partial charge in [0.25, 0.3) is 0 Å². The molecule has 1 aromatic rings. The van der Waals surface area contributed by atoms with Crippen LogP contribution in [0.15, 0.2) is 24.3 Å². The third kappa shape index (κ3) is 2.48. The van der Waals surface area contributed by atoms with Gasteiger partial charge in [-0.05, 0) is 45.2 Å². The summed E-state index contributed by atoms with van der Waals surface area (Å²) in [4.78, 5) is 16.2. The quantitative estimate of drug-likeness (QED) is 0.874. The first-order valence-corrected chi connectivity index (χ1v) is 6.37. The number of benzene rings is 1. The Balaban J connectivity index is 2.35. The Morgan fingerprint density at radius 3 is 2.47 bits per heavy atom. The fourth-order valence-corrected chi connectivity index (χ4v) is 2.44. The van der Waals surface area contributed by atoms with Gasteiger partial charge in [0.05, 0.1) is 0 Å². The van der Waals surface area contributed by atoms with Crippen molar-refractivity contribution >= 4 is 11.6 Å². The normalized spacial score (nSPS) is 23.7. The SMILES string of the molecule is CN1C(CN)C(=O)N(c2ccc(F)cc2)CC1(C)C. The van der Waals surface area contributed by atoms with Crippen LogP contribution in [0.25, 0.3) is 0 Å². The molecule has 1 amide bonds. The van der Waals surface area contributed by atoms with E-state index in [0.717, 1.165) is 0 Å². The van der Waals surface area contributed by atoms with Crippen molar-refractivity contribution in [3.63, 3.8) is 0 Å². The first-order valence-electron chi connectivity index (χ1n) is 6.37. The number of likely N-dealkylation sites (N-methyl/N-ethyl adjacent to an activating group) is 1. The van der Waals surface area contributed by atoms with Gasteiger partial charge in [-0.1, -0.05) is 0 Å². The van der Waals surface area contributed by atoms with Gasteiger partial charge in [0, 0.05) is 24.3 Å². The van der Waals surface area contributed by atoms with Crippen LogP contribution in [0.2, 0.25) is 0 Å². The van der Waals surface area contributed by atoms with E-state index in [1.165, 1.54) is 12.1 Å². The van der Waals surface area contributed by atoms with Crippen molar-refractivity contribution in [1.29, 1.82) is 0 Å². The number of carbonyl (C=O) groups is 1. The Morgan fingerprint density at radius 1 is 1.37 bits per heavy atom. The van der Waals surface area contributed by atoms with Gasteiger partial charge in [-0.25, -0.2) is 4.39 Å². The van der Waals surface area contributed by atoms with Gasteiger partial charge in [0.15, 0.2) is 0 Å². The lowest BCUT2D eigenvalue weighted by molar-refractivity contribution is -0.128. The molecule has 4 nitrogen and oxygen atoms in total. The van der Waals surface area contributed by atoms with Crippen molar-refractivity contribution in [1.82, 2.24) is 4.90 Å². The van der Waals surface area contributed by atoms with Crippen LogP contribution in [0, 0.1) is 5.82 Å². The number of anilines is 1. The molecule has 19 heavy (non-hydrogen) atoms. The van der Waals surface area contributed by atoms with Gasteiger partial charge < -0.3 is 10.6 Å². The van der Waals surface area contributed by atoms with E-state index in [1.54, 1.807) is 17.0 Å². The molecule has 2 N–H and O–H groups in total. The molecule has 1 aliphatic heterocycles. The van der Waals surface area contributed by atoms with Gasteiger partial charge in [-0.2, -0.15) is 0 Å². The van der Waals surface area contributed by atoms with E-state index in [2.05, 4.69) is 13.8 Å². The van der Waals surface area contributed by atoms with Crippen LogP contribution >= 0.6 is 0 Å². The second-order valence-corrected chi connectivity index (χ2v) is 5.58. The standard InChI is InChI=1S/C14H20FN3O/c1-14(2)9-18(11-6-4-10(15)5-7-11)13(19)12(8-16)17(14)3/h4-7,12H,8-9,16H2,1-3H3. The summed E-state index contributed by atoms with van der Waals surface area (Å²) < 4.78 is 13.0. The highest BCUT2D eigenvalue weighted by Gasteiger charge is 2.42. The second kappa shape index (κ2) is 4.90. The van der Waals surface area contributed by atoms with Crippen LogP contribution in [0.4, 0.5) is 10.1 Å². The van der Waals surface area contributed by atoms with Gasteiger partial charge in [0.1, 0.15) is 11.9 Å². The van der Waals surface area contributed by atoms with Gasteiger partial charge in [-0.3, -0.25) is 9.69 Å². The van der Waals surface area contributed by atoms with Crippen LogP contribution in [0.5, 0.6) is 0 Å². The van der Waals surface area contributed by atoms with Gasteiger partial charge in [-0.15, -0.1) is 0 Å². The Hall–Kier alpha value is -1.46. The lowest BCUT2D eigenvalue weighted by Gasteiger charge is -2.49. The molecule has 1 saturated heterocycles. The minimum atomic E-state index is -0.339. The van der Waals surface area contributed by atoms with E-state index in [0.29, 0.717) is 12.2 Å². The fraction of sp³-hybridized carbons (Fsp3) is 0.500. The minimum absolute atomic E-state index is 0.0315. The fourth-order valence-electron chi connectivity index (χ4n) is 2.44. The Kier molecular flexibility index (Phi) is 3.60. The summed E-state index contributed by atoms with van der Waals surface area (Å²) in [6.45, 7) is 4.97. The molecule has 0 radical (unpaired) electrons. The van der Waals surface area contributed by atoms with Crippen molar-refractivity contribution in [3.05, 3.63) is 30.1 Å². The number of carbonyl (C=O) groups excluding carboxylic acids is 1. The minimum Gasteiger partial charge on any atom is -0.328 e. The zero-order valence-electron chi connectivity index (χ0n) is 11.6. The molecule has 1 atom stereocenters. The molecule has 0 bridgehead atoms. The van der Waals surface area contributed by atoms with Gasteiger partial charge in [0.2, 0.25) is 5.91 Å². The topological polar surface area (TPSA) is 49.6 Å². The number of nitrogens with two attached hydrogens (primary N) is 1. The van der Waals surface area contributed by atoms with E-state index in [-0.39, 0.29) is 29.8 Å². The zero-order valence-corrected chi connectivity index (χ0v) is 11.6. The predicted molar refractivity (Wildman–Crippen MR) is 73.4 cm³/mol. The first-order chi connectivity index (χ1) is 8.86. The smallest absolute Gasteiger partial charge is 0.245 e. The Labute approximate surface area is 113 Å². The third-order valence-electron chi connectivity index (χ3n) is 3.88. The van der Waals surface area contributed by atoms with E-state index in [1.807, 2.05) is 11.9 Å². The lowest BCUT2D eigenvalue weighted by Crippen LogP contribution is -2.67. The average Bonchev–Trinajstić information content (AvgIpc) is 2.36. The monoisotopic (exact) mass is 265 g/mol. The highest BCUT2D eigenvalue weighted by molar-refractivity contribution is 5.98. The lowest BCUT2D eigenvalue weighted by atomic mass is 9.94. The molecule has 1 aromatic carbocycles. The van der Waals surface area contributed by atoms with Crippen LogP contribution in [-0.2, 0) is 4.79 Å². The first kappa shape index (κ1) is 14.0. The van der Waals surface area contributed by atoms with E-state index < -0.39 is 0 Å². The van der Waals surface area contributed by atoms with Crippen molar-refractivity contribution < 1.29 is 9.18 Å². The summed E-state index contributed by atoms with van der Waals surface area (Å²) in [7, 11) is 1.91. The third-order valence-corrected chi connectivity index (χ3v) is 3.88. The van der Waals surface area contributed by atoms with Crippen LogP contribution in [-0.4, -0.2) is 42.5 Å². The predicted octanol–water partition coefficient (Wildman–Crippen LogP) is 1.21. The maximum absolute atomic E-state index is 13.0. The molecule has 0 aliphatic carbocycles. The second-order valence-electron chi connectivity index (χ2n) is 5.58. The average molecular weight is 265 g/mol. The highest BCUT2D eigenvalue weighted by Crippen LogP contribution is 2.28. The molecule has 1 aliphatic rings. The van der Waals surface area contributed by atoms with Crippen LogP contribution < -0.4 is 10.6 Å². The van der Waals surface area contributed by atoms with Crippen molar-refractivity contribution in [2.45, 2.75) is 25.4 Å². The van der Waals surface area contributed by atoms with Crippen molar-refractivity contribution in [3.8, 4) is 0 Å². The molecular weight excluding hydrogens is 245 g/mol. The zero-order chi connectivity index (χ0) is 14.2. The maximum atomic E-state index is 13.0. The van der Waals surface area contributed by atoms with Crippen molar-refractivity contribution in [2.75, 3.05) is 25.0 Å². The van der Waals surface area contributed by atoms with E-state index in [4.69, 9.17) is 5.73 Å². The molecule has 1 unspecified atom stereocenters. The summed E-state index contributed by atoms with van der Waals surface area (Å²) in [6.07, 6.45) is 0. The summed E-state index contributed by atoms with van der Waals surface area (Å²) in [5.74, 6) is -0.337. The molecule has 0 spiro atoms. The number of hydrogen-bond acceptors (Lipinski definition) is 3. The molecule has 104 valence electrons. The maximum Gasteiger partial charge on any atom is 0.245 e. The number of piperazine rings is 1. The van der Waals surface area contributed by atoms with Crippen LogP contribution in [0.1, 0.15) is 13.8 Å².